The van der Waals surface area contributed by atoms with Crippen molar-refractivity contribution in [3.05, 3.63) is 70.4 Å². The van der Waals surface area contributed by atoms with E-state index in [1.165, 1.54) is 42.7 Å². The van der Waals surface area contributed by atoms with Crippen molar-refractivity contribution < 1.29 is 0 Å². The summed E-state index contributed by atoms with van der Waals surface area (Å²) >= 11 is 0. The molecule has 3 aliphatic heterocycles. The summed E-state index contributed by atoms with van der Waals surface area (Å²) in [4.78, 5) is 16.5. The van der Waals surface area contributed by atoms with Crippen molar-refractivity contribution in [1.82, 2.24) is 10.2 Å². The van der Waals surface area contributed by atoms with Crippen LogP contribution < -0.4 is 5.32 Å². The smallest absolute Gasteiger partial charge is 0.156 e. The molecule has 0 amide bonds. The van der Waals surface area contributed by atoms with Crippen molar-refractivity contribution in [2.24, 2.45) is 26.8 Å². The Balaban J connectivity index is 0.000000360. The van der Waals surface area contributed by atoms with E-state index in [4.69, 9.17) is 9.98 Å². The lowest BCUT2D eigenvalue weighted by Crippen LogP contribution is -2.35. The molecule has 2 fully saturated rings. The Morgan fingerprint density at radius 3 is 2.49 bits per heavy atom. The predicted octanol–water partition coefficient (Wildman–Crippen LogP) is 8.32. The highest BCUT2D eigenvalue weighted by Crippen LogP contribution is 2.36. The molecule has 1 atom stereocenters. The third-order valence-electron chi connectivity index (χ3n) is 8.36. The summed E-state index contributed by atoms with van der Waals surface area (Å²) in [7, 11) is 1.82. The first-order chi connectivity index (χ1) is 18.8. The van der Waals surface area contributed by atoms with Gasteiger partial charge in [-0.15, -0.1) is 0 Å². The lowest BCUT2D eigenvalue weighted by Gasteiger charge is -2.34. The highest BCUT2D eigenvalue weighted by atomic mass is 15.2. The first-order valence-corrected chi connectivity index (χ1v) is 15.0. The van der Waals surface area contributed by atoms with Crippen LogP contribution in [0.3, 0.4) is 0 Å². The quantitative estimate of drug-likeness (QED) is 0.195. The maximum atomic E-state index is 4.92. The molecule has 4 rings (SSSR count). The second-order valence-corrected chi connectivity index (χ2v) is 11.3. The Morgan fingerprint density at radius 1 is 1.21 bits per heavy atom. The van der Waals surface area contributed by atoms with Crippen LogP contribution in [0.25, 0.3) is 0 Å². The van der Waals surface area contributed by atoms with Gasteiger partial charge in [0.15, 0.2) is 5.84 Å². The van der Waals surface area contributed by atoms with Gasteiger partial charge in [-0.3, -0.25) is 14.9 Å². The fourth-order valence-corrected chi connectivity index (χ4v) is 4.87. The van der Waals surface area contributed by atoms with Gasteiger partial charge in [0.05, 0.1) is 23.3 Å². The van der Waals surface area contributed by atoms with Gasteiger partial charge in [0.2, 0.25) is 0 Å². The van der Waals surface area contributed by atoms with Gasteiger partial charge in [-0.05, 0) is 108 Å². The Kier molecular flexibility index (Phi) is 11.9. The number of aliphatic imine (C=N–C) groups is 3. The molecule has 4 aliphatic rings. The van der Waals surface area contributed by atoms with Crippen molar-refractivity contribution in [2.75, 3.05) is 20.1 Å². The average Bonchev–Trinajstić information content (AvgIpc) is 2.93. The highest BCUT2D eigenvalue weighted by molar-refractivity contribution is 6.32. The molecule has 0 aromatic rings. The number of piperidine rings is 1. The van der Waals surface area contributed by atoms with Crippen LogP contribution in [0, 0.1) is 11.8 Å². The lowest BCUT2D eigenvalue weighted by atomic mass is 9.88. The predicted molar refractivity (Wildman–Crippen MR) is 170 cm³/mol. The molecule has 1 N–H and O–H groups in total. The maximum Gasteiger partial charge on any atom is 0.156 e. The summed E-state index contributed by atoms with van der Waals surface area (Å²) in [6.07, 6.45) is 20.5. The zero-order valence-electron chi connectivity index (χ0n) is 25.6. The number of hydrogen-bond acceptors (Lipinski definition) is 5. The molecule has 1 aliphatic carbocycles. The topological polar surface area (TPSA) is 52.3 Å². The molecule has 3 heterocycles. The number of amidine groups is 1. The van der Waals surface area contributed by atoms with Crippen molar-refractivity contribution in [2.45, 2.75) is 92.9 Å². The minimum atomic E-state index is 0.529. The second-order valence-electron chi connectivity index (χ2n) is 11.3. The standard InChI is InChI=1S/C24H31N5.C10H20/c1-16(2)17(3)12-20(25-4)21-13-23(19-6-5-7-19)29-15-22(27-14-24(29)28-21)18-8-10-26-11-9-18;1-5-7-8-10(4)9(3)6-2/h12-15,18,26H,1,5-11H2,2-4H3;8-9H,5-7H2,1-4H3/b17-12+,25-20?;10-8-. The second kappa shape index (κ2) is 15.1. The molecular formula is C34H51N5. The molecule has 1 saturated heterocycles. The SMILES string of the molecule is C=C(C)/C(C)=C/C(=NC)C1=CC(=C2CCC2)N2C=C(C3CCNCC3)N=CC2=N1.CCC/C=C(/C)C(C)CC. The summed E-state index contributed by atoms with van der Waals surface area (Å²) < 4.78 is 0. The van der Waals surface area contributed by atoms with Crippen LogP contribution in [0.4, 0.5) is 0 Å². The van der Waals surface area contributed by atoms with E-state index in [-0.39, 0.29) is 0 Å². The minimum absolute atomic E-state index is 0.529. The number of nitrogens with zero attached hydrogens (tertiary/aromatic N) is 4. The van der Waals surface area contributed by atoms with E-state index in [2.05, 4.69) is 80.8 Å². The monoisotopic (exact) mass is 529 g/mol. The van der Waals surface area contributed by atoms with E-state index in [9.17, 15) is 0 Å². The van der Waals surface area contributed by atoms with E-state index < -0.39 is 0 Å². The first-order valence-electron chi connectivity index (χ1n) is 15.0. The van der Waals surface area contributed by atoms with Gasteiger partial charge in [-0.1, -0.05) is 51.0 Å². The van der Waals surface area contributed by atoms with Gasteiger partial charge in [-0.2, -0.15) is 0 Å². The molecule has 0 aromatic carbocycles. The highest BCUT2D eigenvalue weighted by Gasteiger charge is 2.29. The Bertz CT molecular complexity index is 1130. The average molecular weight is 530 g/mol. The largest absolute Gasteiger partial charge is 0.317 e. The Hall–Kier alpha value is -2.79. The zero-order valence-corrected chi connectivity index (χ0v) is 25.6. The molecule has 5 nitrogen and oxygen atoms in total. The normalized spacial score (nSPS) is 21.3. The summed E-state index contributed by atoms with van der Waals surface area (Å²) in [5, 5.41) is 3.44. The van der Waals surface area contributed by atoms with E-state index >= 15 is 0 Å². The van der Waals surface area contributed by atoms with Crippen LogP contribution in [0.1, 0.15) is 92.9 Å². The number of allylic oxidation sites excluding steroid dienone is 8. The van der Waals surface area contributed by atoms with Crippen molar-refractivity contribution >= 4 is 17.8 Å². The van der Waals surface area contributed by atoms with E-state index in [0.717, 1.165) is 73.1 Å². The number of rotatable bonds is 8. The maximum absolute atomic E-state index is 4.92. The number of fused-ring (bicyclic) bond motifs is 1. The van der Waals surface area contributed by atoms with Crippen LogP contribution in [-0.2, 0) is 0 Å². The molecular weight excluding hydrogens is 478 g/mol. The third-order valence-corrected chi connectivity index (χ3v) is 8.36. The fraction of sp³-hybridized carbons (Fsp3) is 0.559. The van der Waals surface area contributed by atoms with Gasteiger partial charge in [0.25, 0.3) is 0 Å². The van der Waals surface area contributed by atoms with Crippen molar-refractivity contribution in [3.8, 4) is 0 Å². The number of nitrogens with one attached hydrogen (secondary N) is 1. The summed E-state index contributed by atoms with van der Waals surface area (Å²) in [5.41, 5.74) is 9.46. The van der Waals surface area contributed by atoms with Crippen LogP contribution >= 0.6 is 0 Å². The van der Waals surface area contributed by atoms with Gasteiger partial charge in [0, 0.05) is 24.9 Å². The van der Waals surface area contributed by atoms with Gasteiger partial charge < -0.3 is 5.32 Å². The number of hydrogen-bond donors (Lipinski definition) is 1. The molecule has 5 heteroatoms. The van der Waals surface area contributed by atoms with Gasteiger partial charge >= 0.3 is 0 Å². The molecule has 212 valence electrons. The molecule has 0 aromatic heterocycles. The van der Waals surface area contributed by atoms with Crippen LogP contribution in [-0.4, -0.2) is 42.8 Å². The van der Waals surface area contributed by atoms with E-state index in [1.54, 1.807) is 5.57 Å². The molecule has 0 spiro atoms. The zero-order chi connectivity index (χ0) is 28.4. The number of unbranched alkanes of at least 4 members (excludes halogenated alkanes) is 1. The van der Waals surface area contributed by atoms with Crippen LogP contribution in [0.5, 0.6) is 0 Å². The molecule has 0 radical (unpaired) electrons. The Labute approximate surface area is 238 Å². The molecule has 1 unspecified atom stereocenters. The van der Waals surface area contributed by atoms with E-state index in [0.29, 0.717) is 5.92 Å². The summed E-state index contributed by atoms with van der Waals surface area (Å²) in [6.45, 7) is 19.3. The van der Waals surface area contributed by atoms with E-state index in [1.807, 2.05) is 20.2 Å². The first kappa shape index (κ1) is 30.7. The fourth-order valence-electron chi connectivity index (χ4n) is 4.87. The van der Waals surface area contributed by atoms with Crippen molar-refractivity contribution in [3.63, 3.8) is 0 Å². The molecule has 39 heavy (non-hydrogen) atoms. The molecule has 1 saturated carbocycles. The van der Waals surface area contributed by atoms with Crippen molar-refractivity contribution in [1.29, 1.82) is 0 Å². The lowest BCUT2D eigenvalue weighted by molar-refractivity contribution is 0.412. The van der Waals surface area contributed by atoms with Crippen LogP contribution in [0.15, 0.2) is 85.4 Å². The van der Waals surface area contributed by atoms with Gasteiger partial charge in [-0.25, -0.2) is 4.99 Å². The summed E-state index contributed by atoms with van der Waals surface area (Å²) in [6, 6.07) is 0. The third kappa shape index (κ3) is 8.35. The molecule has 0 bridgehead atoms. The minimum Gasteiger partial charge on any atom is -0.317 e. The Morgan fingerprint density at radius 2 is 1.92 bits per heavy atom. The van der Waals surface area contributed by atoms with Crippen LogP contribution in [0.2, 0.25) is 0 Å². The summed E-state index contributed by atoms with van der Waals surface area (Å²) in [5.74, 6) is 2.20. The van der Waals surface area contributed by atoms with Gasteiger partial charge in [0.1, 0.15) is 0 Å².